The van der Waals surface area contributed by atoms with Gasteiger partial charge in [-0.15, -0.1) is 0 Å². The highest BCUT2D eigenvalue weighted by atomic mass is 16.5. The highest BCUT2D eigenvalue weighted by molar-refractivity contribution is 5.92. The molecule has 4 heteroatoms. The van der Waals surface area contributed by atoms with E-state index < -0.39 is 0 Å². The Balaban J connectivity index is 1.79. The molecule has 0 spiro atoms. The number of nitrogens with zero attached hydrogens (tertiary/aromatic N) is 1. The highest BCUT2D eigenvalue weighted by Crippen LogP contribution is 2.33. The molecule has 1 unspecified atom stereocenters. The van der Waals surface area contributed by atoms with Gasteiger partial charge in [-0.2, -0.15) is 0 Å². The number of aromatic amines is 1. The lowest BCUT2D eigenvalue weighted by Crippen LogP contribution is -2.30. The summed E-state index contributed by atoms with van der Waals surface area (Å²) in [7, 11) is 0. The molecule has 0 radical (unpaired) electrons. The predicted octanol–water partition coefficient (Wildman–Crippen LogP) is 3.39. The molecule has 0 saturated carbocycles. The zero-order valence-corrected chi connectivity index (χ0v) is 12.2. The molecule has 21 heavy (non-hydrogen) atoms. The van der Waals surface area contributed by atoms with Crippen molar-refractivity contribution in [2.45, 2.75) is 25.8 Å². The molecule has 0 aliphatic carbocycles. The van der Waals surface area contributed by atoms with Crippen LogP contribution in [0.1, 0.15) is 41.9 Å². The van der Waals surface area contributed by atoms with E-state index in [2.05, 4.69) is 17.1 Å². The first-order valence-electron chi connectivity index (χ1n) is 7.46. The molecule has 1 aromatic heterocycles. The van der Waals surface area contributed by atoms with Crippen molar-refractivity contribution in [2.24, 2.45) is 0 Å². The summed E-state index contributed by atoms with van der Waals surface area (Å²) in [5, 5.41) is 0. The van der Waals surface area contributed by atoms with Crippen molar-refractivity contribution < 1.29 is 9.53 Å². The molecule has 2 aromatic rings. The van der Waals surface area contributed by atoms with Crippen LogP contribution in [0.5, 0.6) is 5.75 Å². The average Bonchev–Trinajstić information content (AvgIpc) is 3.19. The average molecular weight is 284 g/mol. The standard InChI is InChI=1S/C17H20N2O2/c1-2-21-14-9-7-13(8-10-14)16-6-4-12-19(16)17(20)15-5-3-11-18-15/h3,5,7-11,16,18H,2,4,6,12H2,1H3. The van der Waals surface area contributed by atoms with E-state index in [-0.39, 0.29) is 11.9 Å². The highest BCUT2D eigenvalue weighted by Gasteiger charge is 2.30. The molecule has 110 valence electrons. The molecule has 1 saturated heterocycles. The van der Waals surface area contributed by atoms with Gasteiger partial charge in [-0.05, 0) is 49.6 Å². The smallest absolute Gasteiger partial charge is 0.270 e. The summed E-state index contributed by atoms with van der Waals surface area (Å²) in [5.41, 5.74) is 1.84. The lowest BCUT2D eigenvalue weighted by atomic mass is 10.0. The minimum Gasteiger partial charge on any atom is -0.494 e. The molecular formula is C17H20N2O2. The summed E-state index contributed by atoms with van der Waals surface area (Å²) >= 11 is 0. The number of hydrogen-bond donors (Lipinski definition) is 1. The SMILES string of the molecule is CCOc1ccc(C2CCCN2C(=O)c2ccc[nH]2)cc1. The Hall–Kier alpha value is -2.23. The van der Waals surface area contributed by atoms with Crippen LogP contribution in [0.25, 0.3) is 0 Å². The van der Waals surface area contributed by atoms with Crippen LogP contribution in [0, 0.1) is 0 Å². The van der Waals surface area contributed by atoms with E-state index in [1.807, 2.05) is 36.1 Å². The molecule has 4 nitrogen and oxygen atoms in total. The number of benzene rings is 1. The van der Waals surface area contributed by atoms with Gasteiger partial charge in [-0.3, -0.25) is 4.79 Å². The maximum absolute atomic E-state index is 12.5. The minimum absolute atomic E-state index is 0.0800. The van der Waals surface area contributed by atoms with Crippen LogP contribution in [0.2, 0.25) is 0 Å². The molecule has 1 aliphatic rings. The predicted molar refractivity (Wildman–Crippen MR) is 81.4 cm³/mol. The van der Waals surface area contributed by atoms with Gasteiger partial charge in [0.25, 0.3) is 5.91 Å². The first-order valence-corrected chi connectivity index (χ1v) is 7.46. The fraction of sp³-hybridized carbons (Fsp3) is 0.353. The normalized spacial score (nSPS) is 18.0. The third-order valence-electron chi connectivity index (χ3n) is 3.92. The molecule has 1 aliphatic heterocycles. The van der Waals surface area contributed by atoms with Crippen LogP contribution < -0.4 is 4.74 Å². The first kappa shape index (κ1) is 13.7. The van der Waals surface area contributed by atoms with E-state index in [9.17, 15) is 4.79 Å². The number of hydrogen-bond acceptors (Lipinski definition) is 2. The lowest BCUT2D eigenvalue weighted by molar-refractivity contribution is 0.0730. The molecule has 1 amide bonds. The number of aromatic nitrogens is 1. The summed E-state index contributed by atoms with van der Waals surface area (Å²) in [4.78, 5) is 17.5. The van der Waals surface area contributed by atoms with Crippen LogP contribution in [0.4, 0.5) is 0 Å². The molecule has 1 fully saturated rings. The van der Waals surface area contributed by atoms with Crippen LogP contribution in [0.15, 0.2) is 42.6 Å². The molecule has 1 aromatic carbocycles. The van der Waals surface area contributed by atoms with Gasteiger partial charge >= 0.3 is 0 Å². The number of carbonyl (C=O) groups is 1. The van der Waals surface area contributed by atoms with Crippen molar-refractivity contribution >= 4 is 5.91 Å². The summed E-state index contributed by atoms with van der Waals surface area (Å²) in [6, 6.07) is 11.9. The molecular weight excluding hydrogens is 264 g/mol. The monoisotopic (exact) mass is 284 g/mol. The number of amides is 1. The van der Waals surface area contributed by atoms with Gasteiger partial charge in [0.2, 0.25) is 0 Å². The minimum atomic E-state index is 0.0800. The second-order valence-electron chi connectivity index (χ2n) is 5.24. The maximum atomic E-state index is 12.5. The second-order valence-corrected chi connectivity index (χ2v) is 5.24. The van der Waals surface area contributed by atoms with Gasteiger partial charge in [0.15, 0.2) is 0 Å². The third-order valence-corrected chi connectivity index (χ3v) is 3.92. The van der Waals surface area contributed by atoms with Crippen LogP contribution in [0.3, 0.4) is 0 Å². The Kier molecular flexibility index (Phi) is 3.95. The topological polar surface area (TPSA) is 45.3 Å². The van der Waals surface area contributed by atoms with Gasteiger partial charge in [0.1, 0.15) is 11.4 Å². The quantitative estimate of drug-likeness (QED) is 0.935. The van der Waals surface area contributed by atoms with E-state index in [4.69, 9.17) is 4.74 Å². The molecule has 0 bridgehead atoms. The van der Waals surface area contributed by atoms with Gasteiger partial charge in [0, 0.05) is 12.7 Å². The zero-order chi connectivity index (χ0) is 14.7. The Morgan fingerprint density at radius 2 is 2.14 bits per heavy atom. The van der Waals surface area contributed by atoms with E-state index in [0.29, 0.717) is 12.3 Å². The summed E-state index contributed by atoms with van der Waals surface area (Å²) in [5.74, 6) is 0.956. The van der Waals surface area contributed by atoms with Crippen LogP contribution in [-0.4, -0.2) is 28.9 Å². The number of rotatable bonds is 4. The lowest BCUT2D eigenvalue weighted by Gasteiger charge is -2.24. The van der Waals surface area contributed by atoms with Crippen molar-refractivity contribution in [3.05, 3.63) is 53.9 Å². The number of carbonyl (C=O) groups excluding carboxylic acids is 1. The number of likely N-dealkylation sites (tertiary alicyclic amines) is 1. The maximum Gasteiger partial charge on any atom is 0.270 e. The number of nitrogens with one attached hydrogen (secondary N) is 1. The molecule has 2 heterocycles. The van der Waals surface area contributed by atoms with Crippen molar-refractivity contribution in [1.82, 2.24) is 9.88 Å². The third kappa shape index (κ3) is 2.79. The first-order chi connectivity index (χ1) is 10.3. The Labute approximate surface area is 124 Å². The summed E-state index contributed by atoms with van der Waals surface area (Å²) in [6.45, 7) is 3.46. The van der Waals surface area contributed by atoms with Gasteiger partial charge < -0.3 is 14.6 Å². The second kappa shape index (κ2) is 6.04. The largest absolute Gasteiger partial charge is 0.494 e. The van der Waals surface area contributed by atoms with Crippen LogP contribution >= 0.6 is 0 Å². The Bertz CT molecular complexity index is 590. The van der Waals surface area contributed by atoms with Crippen molar-refractivity contribution in [3.8, 4) is 5.75 Å². The van der Waals surface area contributed by atoms with Gasteiger partial charge in [-0.25, -0.2) is 0 Å². The van der Waals surface area contributed by atoms with E-state index in [0.717, 1.165) is 25.1 Å². The molecule has 3 rings (SSSR count). The molecule has 1 N–H and O–H groups in total. The van der Waals surface area contributed by atoms with Crippen LogP contribution in [-0.2, 0) is 0 Å². The van der Waals surface area contributed by atoms with Crippen molar-refractivity contribution in [3.63, 3.8) is 0 Å². The fourth-order valence-electron chi connectivity index (χ4n) is 2.93. The summed E-state index contributed by atoms with van der Waals surface area (Å²) in [6.07, 6.45) is 3.85. The Morgan fingerprint density at radius 1 is 1.33 bits per heavy atom. The summed E-state index contributed by atoms with van der Waals surface area (Å²) < 4.78 is 5.47. The van der Waals surface area contributed by atoms with E-state index >= 15 is 0 Å². The molecule has 1 atom stereocenters. The Morgan fingerprint density at radius 3 is 2.81 bits per heavy atom. The number of H-pyrrole nitrogens is 1. The van der Waals surface area contributed by atoms with Crippen molar-refractivity contribution in [1.29, 1.82) is 0 Å². The zero-order valence-electron chi connectivity index (χ0n) is 12.2. The van der Waals surface area contributed by atoms with E-state index in [1.165, 1.54) is 5.56 Å². The van der Waals surface area contributed by atoms with E-state index in [1.54, 1.807) is 6.20 Å². The fourth-order valence-corrected chi connectivity index (χ4v) is 2.93. The van der Waals surface area contributed by atoms with Gasteiger partial charge in [-0.1, -0.05) is 12.1 Å². The number of ether oxygens (including phenoxy) is 1. The van der Waals surface area contributed by atoms with Crippen molar-refractivity contribution in [2.75, 3.05) is 13.2 Å². The van der Waals surface area contributed by atoms with Gasteiger partial charge in [0.05, 0.1) is 12.6 Å².